The molecule has 0 aliphatic rings. The zero-order chi connectivity index (χ0) is 20.2. The summed E-state index contributed by atoms with van der Waals surface area (Å²) in [4.78, 5) is 0. The van der Waals surface area contributed by atoms with Crippen LogP contribution in [0.1, 0.15) is 13.8 Å². The Kier molecular flexibility index (Phi) is 8.46. The molecule has 0 unspecified atom stereocenters. The van der Waals surface area contributed by atoms with E-state index in [1.807, 2.05) is 0 Å². The Bertz CT molecular complexity index is 480. The van der Waals surface area contributed by atoms with Gasteiger partial charge >= 0.3 is 34.0 Å². The summed E-state index contributed by atoms with van der Waals surface area (Å²) in [6.45, 7) is -0.110. The topological polar surface area (TPSA) is 72.8 Å². The molecule has 24 heavy (non-hydrogen) atoms. The standard InChI is InChI=1S/C7H10F6O5S.CF4/c1-4(2)18-5(8,9)3-17-6(10,11)7(12,13)19(14,15)16;2-1(3,4)5/h4H,3H2,1-2H3,(H,14,15,16);. The smallest absolute Gasteiger partial charge is 0.316 e. The van der Waals surface area contributed by atoms with E-state index < -0.39 is 46.7 Å². The van der Waals surface area contributed by atoms with Crippen LogP contribution in [0.15, 0.2) is 0 Å². The quantitative estimate of drug-likeness (QED) is 0.515. The summed E-state index contributed by atoms with van der Waals surface area (Å²) < 4.78 is 149. The maximum absolute atomic E-state index is 12.8. The van der Waals surface area contributed by atoms with Crippen molar-refractivity contribution in [2.24, 2.45) is 0 Å². The molecular formula is C8H10F10O5S. The number of hydrogen-bond acceptors (Lipinski definition) is 4. The first-order valence-corrected chi connectivity index (χ1v) is 6.74. The molecule has 148 valence electrons. The average molecular weight is 408 g/mol. The molecule has 0 fully saturated rings. The minimum absolute atomic E-state index is 1.11. The average Bonchev–Trinajstić information content (AvgIpc) is 2.20. The molecule has 0 atom stereocenters. The summed E-state index contributed by atoms with van der Waals surface area (Å²) in [7, 11) is -6.54. The Labute approximate surface area is 128 Å². The van der Waals surface area contributed by atoms with Crippen LogP contribution in [0.5, 0.6) is 0 Å². The SMILES string of the molecule is CC(C)OC(F)(F)COC(F)(F)C(F)(F)S(=O)(=O)O.FC(F)(F)F. The number of rotatable bonds is 7. The molecule has 0 aromatic heterocycles. The second-order valence-corrected chi connectivity index (χ2v) is 5.49. The molecule has 0 radical (unpaired) electrons. The van der Waals surface area contributed by atoms with Crippen molar-refractivity contribution in [3.8, 4) is 0 Å². The van der Waals surface area contributed by atoms with Crippen LogP contribution in [-0.4, -0.2) is 49.6 Å². The lowest BCUT2D eigenvalue weighted by atomic mass is 10.5. The van der Waals surface area contributed by atoms with Gasteiger partial charge in [0, 0.05) is 0 Å². The van der Waals surface area contributed by atoms with E-state index in [0.717, 1.165) is 13.8 Å². The molecule has 0 aromatic rings. The lowest BCUT2D eigenvalue weighted by Crippen LogP contribution is -2.50. The molecule has 0 aliphatic heterocycles. The highest BCUT2D eigenvalue weighted by Crippen LogP contribution is 2.40. The Balaban J connectivity index is 0. The monoisotopic (exact) mass is 408 g/mol. The van der Waals surface area contributed by atoms with Crippen LogP contribution >= 0.6 is 0 Å². The fourth-order valence-corrected chi connectivity index (χ4v) is 1.15. The number of alkyl halides is 10. The normalized spacial score (nSPS) is 14.4. The van der Waals surface area contributed by atoms with Crippen molar-refractivity contribution >= 4 is 10.1 Å². The van der Waals surface area contributed by atoms with Gasteiger partial charge in [-0.2, -0.15) is 34.8 Å². The van der Waals surface area contributed by atoms with Crippen LogP contribution in [0.4, 0.5) is 43.9 Å². The minimum atomic E-state index is -6.54. The van der Waals surface area contributed by atoms with Crippen molar-refractivity contribution in [2.75, 3.05) is 6.61 Å². The molecule has 0 heterocycles. The predicted octanol–water partition coefficient (Wildman–Crippen LogP) is 3.57. The van der Waals surface area contributed by atoms with Crippen LogP contribution in [0.2, 0.25) is 0 Å². The van der Waals surface area contributed by atoms with Gasteiger partial charge < -0.3 is 9.47 Å². The minimum Gasteiger partial charge on any atom is -0.316 e. The third-order valence-electron chi connectivity index (χ3n) is 1.49. The Morgan fingerprint density at radius 3 is 1.50 bits per heavy atom. The number of hydrogen-bond donors (Lipinski definition) is 1. The number of halogens is 10. The second-order valence-electron chi connectivity index (χ2n) is 4.03. The highest BCUT2D eigenvalue weighted by atomic mass is 32.2. The van der Waals surface area contributed by atoms with E-state index in [9.17, 15) is 52.3 Å². The molecule has 0 saturated carbocycles. The largest absolute Gasteiger partial charge is 0.559 e. The summed E-state index contributed by atoms with van der Waals surface area (Å²) >= 11 is 0. The molecule has 0 rings (SSSR count). The van der Waals surface area contributed by atoms with Gasteiger partial charge in [-0.05, 0) is 13.8 Å². The molecule has 0 spiro atoms. The van der Waals surface area contributed by atoms with Crippen molar-refractivity contribution < 1.29 is 66.3 Å². The second kappa shape index (κ2) is 8.01. The summed E-state index contributed by atoms with van der Waals surface area (Å²) in [6.07, 6.45) is -16.8. The van der Waals surface area contributed by atoms with Crippen molar-refractivity contribution in [1.29, 1.82) is 0 Å². The molecule has 16 heteroatoms. The Morgan fingerprint density at radius 2 is 1.25 bits per heavy atom. The van der Waals surface area contributed by atoms with Crippen LogP contribution in [0.25, 0.3) is 0 Å². The van der Waals surface area contributed by atoms with Crippen molar-refractivity contribution in [3.63, 3.8) is 0 Å². The highest BCUT2D eigenvalue weighted by molar-refractivity contribution is 7.86. The van der Waals surface area contributed by atoms with E-state index in [0.29, 0.717) is 0 Å². The van der Waals surface area contributed by atoms with Crippen LogP contribution in [0.3, 0.4) is 0 Å². The van der Waals surface area contributed by atoms with Crippen LogP contribution in [0, 0.1) is 0 Å². The first-order valence-electron chi connectivity index (χ1n) is 5.30. The van der Waals surface area contributed by atoms with Crippen molar-refractivity contribution in [3.05, 3.63) is 0 Å². The van der Waals surface area contributed by atoms with Gasteiger partial charge in [-0.15, -0.1) is 17.6 Å². The molecule has 5 nitrogen and oxygen atoms in total. The third kappa shape index (κ3) is 10.1. The lowest BCUT2D eigenvalue weighted by molar-refractivity contribution is -0.365. The molecule has 0 amide bonds. The van der Waals surface area contributed by atoms with Gasteiger partial charge in [-0.1, -0.05) is 0 Å². The third-order valence-corrected chi connectivity index (χ3v) is 2.38. The van der Waals surface area contributed by atoms with E-state index in [4.69, 9.17) is 4.55 Å². The predicted molar refractivity (Wildman–Crippen MR) is 55.7 cm³/mol. The van der Waals surface area contributed by atoms with E-state index in [-0.39, 0.29) is 0 Å². The molecular weight excluding hydrogens is 398 g/mol. The van der Waals surface area contributed by atoms with Gasteiger partial charge in [0.25, 0.3) is 0 Å². The molecule has 0 saturated heterocycles. The zero-order valence-electron chi connectivity index (χ0n) is 11.6. The van der Waals surface area contributed by atoms with Gasteiger partial charge in [0.15, 0.2) is 0 Å². The van der Waals surface area contributed by atoms with Gasteiger partial charge in [0.1, 0.15) is 6.61 Å². The van der Waals surface area contributed by atoms with Gasteiger partial charge in [0.2, 0.25) is 0 Å². The number of ether oxygens (including phenoxy) is 2. The first kappa shape index (κ1) is 25.4. The highest BCUT2D eigenvalue weighted by Gasteiger charge is 2.68. The summed E-state index contributed by atoms with van der Waals surface area (Å²) in [5.41, 5.74) is 0. The van der Waals surface area contributed by atoms with Crippen molar-refractivity contribution in [2.45, 2.75) is 43.9 Å². The fraction of sp³-hybridized carbons (Fsp3) is 1.00. The van der Waals surface area contributed by atoms with Crippen molar-refractivity contribution in [1.82, 2.24) is 0 Å². The van der Waals surface area contributed by atoms with Gasteiger partial charge in [0.05, 0.1) is 6.10 Å². The van der Waals surface area contributed by atoms with Crippen LogP contribution in [-0.2, 0) is 19.6 Å². The van der Waals surface area contributed by atoms with E-state index in [2.05, 4.69) is 9.47 Å². The van der Waals surface area contributed by atoms with Gasteiger partial charge in [-0.3, -0.25) is 4.55 Å². The molecule has 0 bridgehead atoms. The summed E-state index contributed by atoms with van der Waals surface area (Å²) in [6, 6.07) is 0. The molecule has 0 aliphatic carbocycles. The van der Waals surface area contributed by atoms with E-state index >= 15 is 0 Å². The molecule has 0 aromatic carbocycles. The molecule has 1 N–H and O–H groups in total. The summed E-state index contributed by atoms with van der Waals surface area (Å²) in [5, 5.41) is -6.08. The van der Waals surface area contributed by atoms with E-state index in [1.54, 1.807) is 0 Å². The first-order chi connectivity index (χ1) is 10.1. The Hall–Kier alpha value is -0.870. The maximum Gasteiger partial charge on any atom is 0.559 e. The maximum atomic E-state index is 12.8. The van der Waals surface area contributed by atoms with E-state index in [1.165, 1.54) is 0 Å². The van der Waals surface area contributed by atoms with Crippen LogP contribution < -0.4 is 0 Å². The Morgan fingerprint density at radius 1 is 0.917 bits per heavy atom. The van der Waals surface area contributed by atoms with Gasteiger partial charge in [-0.25, -0.2) is 0 Å². The lowest BCUT2D eigenvalue weighted by Gasteiger charge is -2.26. The zero-order valence-corrected chi connectivity index (χ0v) is 12.4. The summed E-state index contributed by atoms with van der Waals surface area (Å²) in [5.74, 6) is 0. The fourth-order valence-electron chi connectivity index (χ4n) is 0.788.